The zero-order chi connectivity index (χ0) is 8.32. The minimum atomic E-state index is -0.667. The van der Waals surface area contributed by atoms with Crippen LogP contribution in [-0.2, 0) is 0 Å². The topological polar surface area (TPSA) is 20.2 Å². The maximum atomic E-state index is 9.95. The van der Waals surface area contributed by atoms with Gasteiger partial charge in [-0.15, -0.1) is 13.2 Å². The molecule has 0 radical (unpaired) electrons. The van der Waals surface area contributed by atoms with Gasteiger partial charge in [-0.1, -0.05) is 25.0 Å². The number of hydrogen-bond donors (Lipinski definition) is 1. The molecule has 1 fully saturated rings. The van der Waals surface area contributed by atoms with Crippen molar-refractivity contribution in [3.05, 3.63) is 25.3 Å². The van der Waals surface area contributed by atoms with Crippen LogP contribution >= 0.6 is 0 Å². The standard InChI is InChI=1S/C10H16O/c1-3-9-7-5-6-8-10(9,11)4-2/h3-4,9,11H,1-2,5-8H2/t9-,10+/m0/s1. The summed E-state index contributed by atoms with van der Waals surface area (Å²) in [5, 5.41) is 9.95. The summed E-state index contributed by atoms with van der Waals surface area (Å²) in [6.45, 7) is 7.38. The average Bonchev–Trinajstić information content (AvgIpc) is 2.05. The number of hydrogen-bond acceptors (Lipinski definition) is 1. The van der Waals surface area contributed by atoms with Crippen molar-refractivity contribution in [3.8, 4) is 0 Å². The van der Waals surface area contributed by atoms with Crippen LogP contribution < -0.4 is 0 Å². The maximum Gasteiger partial charge on any atom is 0.0887 e. The minimum absolute atomic E-state index is 0.216. The van der Waals surface area contributed by atoms with Gasteiger partial charge in [0, 0.05) is 5.92 Å². The van der Waals surface area contributed by atoms with Crippen LogP contribution in [0.5, 0.6) is 0 Å². The Kier molecular flexibility index (Phi) is 2.50. The Bertz CT molecular complexity index is 162. The molecular weight excluding hydrogens is 136 g/mol. The third kappa shape index (κ3) is 1.54. The third-order valence-corrected chi connectivity index (χ3v) is 2.62. The summed E-state index contributed by atoms with van der Waals surface area (Å²) in [6, 6.07) is 0. The summed E-state index contributed by atoms with van der Waals surface area (Å²) in [5.41, 5.74) is -0.667. The SMILES string of the molecule is C=C[C@H]1CCCC[C@]1(O)C=C. The summed E-state index contributed by atoms with van der Waals surface area (Å²) in [7, 11) is 0. The van der Waals surface area contributed by atoms with Gasteiger partial charge in [-0.05, 0) is 12.8 Å². The normalized spacial score (nSPS) is 38.1. The fourth-order valence-electron chi connectivity index (χ4n) is 1.78. The van der Waals surface area contributed by atoms with E-state index < -0.39 is 5.60 Å². The summed E-state index contributed by atoms with van der Waals surface area (Å²) in [5.74, 6) is 0.216. The van der Waals surface area contributed by atoms with Gasteiger partial charge in [-0.3, -0.25) is 0 Å². The number of aliphatic hydroxyl groups is 1. The van der Waals surface area contributed by atoms with Crippen molar-refractivity contribution in [3.63, 3.8) is 0 Å². The van der Waals surface area contributed by atoms with Crippen molar-refractivity contribution in [1.29, 1.82) is 0 Å². The van der Waals surface area contributed by atoms with E-state index in [9.17, 15) is 5.11 Å². The molecule has 1 nitrogen and oxygen atoms in total. The van der Waals surface area contributed by atoms with E-state index in [1.807, 2.05) is 6.08 Å². The highest BCUT2D eigenvalue weighted by molar-refractivity contribution is 5.07. The predicted octanol–water partition coefficient (Wildman–Crippen LogP) is 2.28. The predicted molar refractivity (Wildman–Crippen MR) is 47.3 cm³/mol. The van der Waals surface area contributed by atoms with E-state index in [2.05, 4.69) is 13.2 Å². The van der Waals surface area contributed by atoms with Crippen LogP contribution in [0, 0.1) is 5.92 Å². The Hall–Kier alpha value is -0.560. The highest BCUT2D eigenvalue weighted by atomic mass is 16.3. The summed E-state index contributed by atoms with van der Waals surface area (Å²) < 4.78 is 0. The van der Waals surface area contributed by atoms with E-state index in [-0.39, 0.29) is 5.92 Å². The molecule has 1 heteroatoms. The monoisotopic (exact) mass is 152 g/mol. The molecule has 0 heterocycles. The second-order valence-electron chi connectivity index (χ2n) is 3.28. The van der Waals surface area contributed by atoms with E-state index in [1.54, 1.807) is 6.08 Å². The molecule has 0 spiro atoms. The summed E-state index contributed by atoms with van der Waals surface area (Å²) in [4.78, 5) is 0. The minimum Gasteiger partial charge on any atom is -0.385 e. The molecule has 1 rings (SSSR count). The first-order valence-corrected chi connectivity index (χ1v) is 4.21. The molecule has 2 atom stereocenters. The van der Waals surface area contributed by atoms with Crippen LogP contribution in [0.15, 0.2) is 25.3 Å². The van der Waals surface area contributed by atoms with Gasteiger partial charge in [0.1, 0.15) is 0 Å². The zero-order valence-corrected chi connectivity index (χ0v) is 6.92. The quantitative estimate of drug-likeness (QED) is 0.602. The molecule has 1 aliphatic carbocycles. The molecule has 0 bridgehead atoms. The zero-order valence-electron chi connectivity index (χ0n) is 6.92. The average molecular weight is 152 g/mol. The fourth-order valence-corrected chi connectivity index (χ4v) is 1.78. The van der Waals surface area contributed by atoms with Crippen LogP contribution in [0.25, 0.3) is 0 Å². The van der Waals surface area contributed by atoms with Crippen LogP contribution in [-0.4, -0.2) is 10.7 Å². The summed E-state index contributed by atoms with van der Waals surface area (Å²) >= 11 is 0. The van der Waals surface area contributed by atoms with E-state index in [0.717, 1.165) is 19.3 Å². The largest absolute Gasteiger partial charge is 0.385 e. The molecule has 0 aromatic rings. The van der Waals surface area contributed by atoms with E-state index in [4.69, 9.17) is 0 Å². The van der Waals surface area contributed by atoms with Crippen molar-refractivity contribution in [2.45, 2.75) is 31.3 Å². The van der Waals surface area contributed by atoms with Crippen LogP contribution in [0.2, 0.25) is 0 Å². The summed E-state index contributed by atoms with van der Waals surface area (Å²) in [6.07, 6.45) is 7.71. The second-order valence-corrected chi connectivity index (χ2v) is 3.28. The molecule has 0 aliphatic heterocycles. The van der Waals surface area contributed by atoms with Crippen molar-refractivity contribution < 1.29 is 5.11 Å². The highest BCUT2D eigenvalue weighted by Gasteiger charge is 2.33. The first-order valence-electron chi connectivity index (χ1n) is 4.21. The van der Waals surface area contributed by atoms with Crippen molar-refractivity contribution >= 4 is 0 Å². The smallest absolute Gasteiger partial charge is 0.0887 e. The van der Waals surface area contributed by atoms with E-state index in [0.29, 0.717) is 0 Å². The lowest BCUT2D eigenvalue weighted by Crippen LogP contribution is -2.37. The highest BCUT2D eigenvalue weighted by Crippen LogP contribution is 2.34. The lowest BCUT2D eigenvalue weighted by molar-refractivity contribution is 0.0161. The second kappa shape index (κ2) is 3.22. The molecule has 0 aromatic carbocycles. The molecule has 1 saturated carbocycles. The molecule has 0 saturated heterocycles. The van der Waals surface area contributed by atoms with Gasteiger partial charge < -0.3 is 5.11 Å². The van der Waals surface area contributed by atoms with Gasteiger partial charge in [0.05, 0.1) is 5.60 Å². The Morgan fingerprint density at radius 3 is 2.55 bits per heavy atom. The van der Waals surface area contributed by atoms with E-state index >= 15 is 0 Å². The van der Waals surface area contributed by atoms with Gasteiger partial charge in [0.25, 0.3) is 0 Å². The molecule has 1 aliphatic rings. The van der Waals surface area contributed by atoms with Crippen molar-refractivity contribution in [2.75, 3.05) is 0 Å². The molecule has 0 aromatic heterocycles. The third-order valence-electron chi connectivity index (χ3n) is 2.62. The lowest BCUT2D eigenvalue weighted by atomic mass is 9.75. The fraction of sp³-hybridized carbons (Fsp3) is 0.600. The van der Waals surface area contributed by atoms with Crippen LogP contribution in [0.3, 0.4) is 0 Å². The van der Waals surface area contributed by atoms with Gasteiger partial charge in [0.15, 0.2) is 0 Å². The van der Waals surface area contributed by atoms with E-state index in [1.165, 1.54) is 6.42 Å². The lowest BCUT2D eigenvalue weighted by Gasteiger charge is -2.35. The molecule has 11 heavy (non-hydrogen) atoms. The van der Waals surface area contributed by atoms with Crippen LogP contribution in [0.4, 0.5) is 0 Å². The Labute approximate surface area is 68.4 Å². The van der Waals surface area contributed by atoms with Gasteiger partial charge >= 0.3 is 0 Å². The van der Waals surface area contributed by atoms with Gasteiger partial charge in [-0.25, -0.2) is 0 Å². The Balaban J connectivity index is 2.72. The first kappa shape index (κ1) is 8.54. The Morgan fingerprint density at radius 1 is 1.36 bits per heavy atom. The van der Waals surface area contributed by atoms with Crippen LogP contribution in [0.1, 0.15) is 25.7 Å². The van der Waals surface area contributed by atoms with Crippen molar-refractivity contribution in [1.82, 2.24) is 0 Å². The van der Waals surface area contributed by atoms with Gasteiger partial charge in [-0.2, -0.15) is 0 Å². The molecular formula is C10H16O. The molecule has 62 valence electrons. The molecule has 0 unspecified atom stereocenters. The maximum absolute atomic E-state index is 9.95. The molecule has 1 N–H and O–H groups in total. The van der Waals surface area contributed by atoms with Gasteiger partial charge in [0.2, 0.25) is 0 Å². The Morgan fingerprint density at radius 2 is 2.09 bits per heavy atom. The molecule has 0 amide bonds. The number of rotatable bonds is 2. The van der Waals surface area contributed by atoms with Crippen molar-refractivity contribution in [2.24, 2.45) is 5.92 Å². The first-order chi connectivity index (χ1) is 5.23.